The van der Waals surface area contributed by atoms with Gasteiger partial charge in [-0.25, -0.2) is 22.3 Å². The first-order chi connectivity index (χ1) is 6.79. The summed E-state index contributed by atoms with van der Waals surface area (Å²) in [7, 11) is -3.91. The minimum atomic E-state index is -3.91. The molecule has 0 aliphatic rings. The molecule has 0 bridgehead atoms. The molecule has 0 heterocycles. The van der Waals surface area contributed by atoms with Crippen molar-refractivity contribution < 1.29 is 22.3 Å². The zero-order valence-electron chi connectivity index (χ0n) is 7.52. The van der Waals surface area contributed by atoms with Crippen molar-refractivity contribution in [2.45, 2.75) is 6.10 Å². The highest BCUT2D eigenvalue weighted by atomic mass is 32.2. The zero-order valence-corrected chi connectivity index (χ0v) is 8.34. The molecule has 0 fully saturated rings. The number of benzene rings is 1. The molecule has 1 atom stereocenters. The maximum Gasteiger partial charge on any atom is 0.211 e. The first kappa shape index (κ1) is 12.0. The van der Waals surface area contributed by atoms with Crippen LogP contribution in [0.2, 0.25) is 0 Å². The first-order valence-corrected chi connectivity index (χ1v) is 5.64. The van der Waals surface area contributed by atoms with Crippen LogP contribution in [0.5, 0.6) is 0 Å². The van der Waals surface area contributed by atoms with Crippen molar-refractivity contribution in [1.82, 2.24) is 0 Å². The summed E-state index contributed by atoms with van der Waals surface area (Å²) in [5.74, 6) is -2.62. The molecule has 0 aliphatic heterocycles. The smallest absolute Gasteiger partial charge is 0.211 e. The van der Waals surface area contributed by atoms with Crippen molar-refractivity contribution in [2.75, 3.05) is 5.75 Å². The largest absolute Gasteiger partial charge is 0.387 e. The van der Waals surface area contributed by atoms with E-state index in [2.05, 4.69) is 5.14 Å². The first-order valence-electron chi connectivity index (χ1n) is 3.93. The van der Waals surface area contributed by atoms with Crippen molar-refractivity contribution in [3.8, 4) is 0 Å². The van der Waals surface area contributed by atoms with Gasteiger partial charge in [0.15, 0.2) is 0 Å². The Bertz CT molecular complexity index is 461. The van der Waals surface area contributed by atoms with Crippen LogP contribution >= 0.6 is 0 Å². The average molecular weight is 237 g/mol. The molecule has 0 aromatic heterocycles. The second-order valence-electron chi connectivity index (χ2n) is 3.01. The van der Waals surface area contributed by atoms with E-state index in [9.17, 15) is 22.3 Å². The van der Waals surface area contributed by atoms with Gasteiger partial charge in [-0.2, -0.15) is 0 Å². The Morgan fingerprint density at radius 1 is 1.40 bits per heavy atom. The van der Waals surface area contributed by atoms with Gasteiger partial charge in [-0.3, -0.25) is 0 Å². The lowest BCUT2D eigenvalue weighted by Gasteiger charge is -2.10. The van der Waals surface area contributed by atoms with Crippen molar-refractivity contribution in [3.63, 3.8) is 0 Å². The lowest BCUT2D eigenvalue weighted by molar-refractivity contribution is 0.196. The molecular formula is C8H9F2NO3S. The van der Waals surface area contributed by atoms with E-state index < -0.39 is 33.5 Å². The van der Waals surface area contributed by atoms with E-state index in [-0.39, 0.29) is 5.56 Å². The van der Waals surface area contributed by atoms with Gasteiger partial charge in [0.2, 0.25) is 10.0 Å². The Balaban J connectivity index is 2.97. The molecule has 3 N–H and O–H groups in total. The van der Waals surface area contributed by atoms with E-state index in [1.165, 1.54) is 0 Å². The molecule has 1 aromatic carbocycles. The van der Waals surface area contributed by atoms with Crippen LogP contribution in [0.25, 0.3) is 0 Å². The number of rotatable bonds is 3. The Labute approximate surface area is 85.4 Å². The van der Waals surface area contributed by atoms with Gasteiger partial charge in [0.1, 0.15) is 11.6 Å². The number of primary sulfonamides is 1. The van der Waals surface area contributed by atoms with Crippen LogP contribution in [-0.4, -0.2) is 19.3 Å². The summed E-state index contributed by atoms with van der Waals surface area (Å²) in [6.45, 7) is 0. The van der Waals surface area contributed by atoms with Crippen LogP contribution in [0.3, 0.4) is 0 Å². The summed E-state index contributed by atoms with van der Waals surface area (Å²) >= 11 is 0. The van der Waals surface area contributed by atoms with Crippen LogP contribution in [0, 0.1) is 11.6 Å². The van der Waals surface area contributed by atoms with Crippen molar-refractivity contribution in [3.05, 3.63) is 35.4 Å². The maximum absolute atomic E-state index is 13.0. The number of hydrogen-bond donors (Lipinski definition) is 2. The maximum atomic E-state index is 13.0. The fourth-order valence-electron chi connectivity index (χ4n) is 1.08. The second-order valence-corrected chi connectivity index (χ2v) is 4.67. The average Bonchev–Trinajstić information content (AvgIpc) is 1.99. The molecule has 0 aliphatic carbocycles. The molecule has 0 saturated carbocycles. The molecule has 84 valence electrons. The summed E-state index contributed by atoms with van der Waals surface area (Å²) in [5, 5.41) is 14.0. The minimum Gasteiger partial charge on any atom is -0.387 e. The zero-order chi connectivity index (χ0) is 11.6. The van der Waals surface area contributed by atoms with Crippen LogP contribution in [0.15, 0.2) is 18.2 Å². The molecule has 7 heteroatoms. The highest BCUT2D eigenvalue weighted by Crippen LogP contribution is 2.18. The lowest BCUT2D eigenvalue weighted by Crippen LogP contribution is -2.22. The topological polar surface area (TPSA) is 80.4 Å². The Kier molecular flexibility index (Phi) is 3.38. The van der Waals surface area contributed by atoms with Crippen LogP contribution < -0.4 is 5.14 Å². The number of aliphatic hydroxyl groups is 1. The molecule has 1 aromatic rings. The Morgan fingerprint density at radius 2 is 2.00 bits per heavy atom. The second kappa shape index (κ2) is 4.21. The third-order valence-corrected chi connectivity index (χ3v) is 2.49. The fourth-order valence-corrected chi connectivity index (χ4v) is 1.70. The highest BCUT2D eigenvalue weighted by Gasteiger charge is 2.18. The molecule has 4 nitrogen and oxygen atoms in total. The highest BCUT2D eigenvalue weighted by molar-refractivity contribution is 7.89. The van der Waals surface area contributed by atoms with E-state index in [1.807, 2.05) is 0 Å². The Hall–Kier alpha value is -1.05. The number of sulfonamides is 1. The molecule has 0 spiro atoms. The summed E-state index contributed by atoms with van der Waals surface area (Å²) < 4.78 is 46.8. The normalized spacial score (nSPS) is 13.9. The monoisotopic (exact) mass is 237 g/mol. The molecule has 1 rings (SSSR count). The molecule has 0 amide bonds. The van der Waals surface area contributed by atoms with Gasteiger partial charge in [0.25, 0.3) is 0 Å². The van der Waals surface area contributed by atoms with Crippen molar-refractivity contribution >= 4 is 10.0 Å². The molecular weight excluding hydrogens is 228 g/mol. The third-order valence-electron chi connectivity index (χ3n) is 1.71. The SMILES string of the molecule is NS(=O)(=O)CC(O)c1ccc(F)cc1F. The number of nitrogens with two attached hydrogens (primary N) is 1. The lowest BCUT2D eigenvalue weighted by atomic mass is 10.1. The van der Waals surface area contributed by atoms with Gasteiger partial charge in [-0.15, -0.1) is 0 Å². The van der Waals surface area contributed by atoms with Crippen LogP contribution in [-0.2, 0) is 10.0 Å². The summed E-state index contributed by atoms with van der Waals surface area (Å²) in [5.41, 5.74) is -0.301. The van der Waals surface area contributed by atoms with Gasteiger partial charge < -0.3 is 5.11 Å². The Morgan fingerprint density at radius 3 is 2.47 bits per heavy atom. The number of halogens is 2. The molecule has 1 unspecified atom stereocenters. The van der Waals surface area contributed by atoms with E-state index in [0.717, 1.165) is 12.1 Å². The summed E-state index contributed by atoms with van der Waals surface area (Å²) in [6.07, 6.45) is -1.60. The quantitative estimate of drug-likeness (QED) is 0.792. The third kappa shape index (κ3) is 3.54. The predicted octanol–water partition coefficient (Wildman–Crippen LogP) is 0.287. The van der Waals surface area contributed by atoms with Gasteiger partial charge >= 0.3 is 0 Å². The van der Waals surface area contributed by atoms with Gasteiger partial charge in [-0.1, -0.05) is 6.07 Å². The summed E-state index contributed by atoms with van der Waals surface area (Å²) in [4.78, 5) is 0. The number of aliphatic hydroxyl groups excluding tert-OH is 1. The van der Waals surface area contributed by atoms with Crippen molar-refractivity contribution in [2.24, 2.45) is 5.14 Å². The minimum absolute atomic E-state index is 0.301. The van der Waals surface area contributed by atoms with E-state index >= 15 is 0 Å². The summed E-state index contributed by atoms with van der Waals surface area (Å²) in [6, 6.07) is 2.45. The van der Waals surface area contributed by atoms with Gasteiger partial charge in [0, 0.05) is 11.6 Å². The van der Waals surface area contributed by atoms with Gasteiger partial charge in [0.05, 0.1) is 11.9 Å². The van der Waals surface area contributed by atoms with Crippen molar-refractivity contribution in [1.29, 1.82) is 0 Å². The standard InChI is InChI=1S/C8H9F2NO3S/c9-5-1-2-6(7(10)3-5)8(12)4-15(11,13)14/h1-3,8,12H,4H2,(H2,11,13,14). The predicted molar refractivity (Wildman–Crippen MR) is 49.3 cm³/mol. The van der Waals surface area contributed by atoms with Gasteiger partial charge in [-0.05, 0) is 6.07 Å². The van der Waals surface area contributed by atoms with Crippen LogP contribution in [0.4, 0.5) is 8.78 Å². The fraction of sp³-hybridized carbons (Fsp3) is 0.250. The molecule has 15 heavy (non-hydrogen) atoms. The van der Waals surface area contributed by atoms with E-state index in [4.69, 9.17) is 0 Å². The molecule has 0 radical (unpaired) electrons. The van der Waals surface area contributed by atoms with E-state index in [0.29, 0.717) is 6.07 Å². The van der Waals surface area contributed by atoms with E-state index in [1.54, 1.807) is 0 Å². The van der Waals surface area contributed by atoms with Crippen LogP contribution in [0.1, 0.15) is 11.7 Å². The molecule has 0 saturated heterocycles. The number of hydrogen-bond acceptors (Lipinski definition) is 3.